The zero-order valence-electron chi connectivity index (χ0n) is 15.6. The fourth-order valence-corrected chi connectivity index (χ4v) is 3.72. The minimum atomic E-state index is -1.00. The number of hydrogen-bond acceptors (Lipinski definition) is 4. The zero-order chi connectivity index (χ0) is 20.1. The van der Waals surface area contributed by atoms with E-state index in [4.69, 9.17) is 0 Å². The highest BCUT2D eigenvalue weighted by atomic mass is 32.2. The average Bonchev–Trinajstić information content (AvgIpc) is 2.69. The summed E-state index contributed by atoms with van der Waals surface area (Å²) in [5, 5.41) is 12.0. The van der Waals surface area contributed by atoms with Crippen LogP contribution in [-0.4, -0.2) is 35.7 Å². The lowest BCUT2D eigenvalue weighted by atomic mass is 10.0. The summed E-state index contributed by atoms with van der Waals surface area (Å²) in [7, 11) is 0. The van der Waals surface area contributed by atoms with Crippen LogP contribution in [0.1, 0.15) is 30.0 Å². The van der Waals surface area contributed by atoms with Gasteiger partial charge in [-0.05, 0) is 42.0 Å². The SMILES string of the molecule is CSc1ccc(C(CC(=O)O)NC(=O)CN2C(=O)CCc3ccccc32)cc1. The summed E-state index contributed by atoms with van der Waals surface area (Å²) in [4.78, 5) is 38.8. The Morgan fingerprint density at radius 1 is 1.14 bits per heavy atom. The maximum absolute atomic E-state index is 12.7. The number of fused-ring (bicyclic) bond motifs is 1. The van der Waals surface area contributed by atoms with Crippen LogP contribution >= 0.6 is 11.8 Å². The summed E-state index contributed by atoms with van der Waals surface area (Å²) in [6.45, 7) is -0.130. The van der Waals surface area contributed by atoms with Gasteiger partial charge in [-0.25, -0.2) is 0 Å². The van der Waals surface area contributed by atoms with Crippen LogP contribution in [0, 0.1) is 0 Å². The third-order valence-corrected chi connectivity index (χ3v) is 5.47. The molecule has 28 heavy (non-hydrogen) atoms. The second-order valence-corrected chi connectivity index (χ2v) is 7.48. The molecule has 0 aliphatic carbocycles. The van der Waals surface area contributed by atoms with Crippen LogP contribution in [-0.2, 0) is 20.8 Å². The molecule has 2 aromatic carbocycles. The van der Waals surface area contributed by atoms with E-state index in [1.165, 1.54) is 4.90 Å². The van der Waals surface area contributed by atoms with E-state index in [2.05, 4.69) is 5.32 Å². The number of nitrogens with one attached hydrogen (secondary N) is 1. The van der Waals surface area contributed by atoms with E-state index in [1.54, 1.807) is 11.8 Å². The molecule has 1 heterocycles. The Bertz CT molecular complexity index is 882. The van der Waals surface area contributed by atoms with Crippen molar-refractivity contribution in [3.63, 3.8) is 0 Å². The van der Waals surface area contributed by atoms with Gasteiger partial charge in [0.1, 0.15) is 6.54 Å². The minimum Gasteiger partial charge on any atom is -0.481 e. The number of para-hydroxylation sites is 1. The van der Waals surface area contributed by atoms with Gasteiger partial charge in [0, 0.05) is 17.0 Å². The number of carbonyl (C=O) groups excluding carboxylic acids is 2. The number of anilines is 1. The fraction of sp³-hybridized carbons (Fsp3) is 0.286. The minimum absolute atomic E-state index is 0.104. The van der Waals surface area contributed by atoms with Crippen molar-refractivity contribution in [3.05, 3.63) is 59.7 Å². The second kappa shape index (κ2) is 8.93. The van der Waals surface area contributed by atoms with Crippen molar-refractivity contribution in [2.45, 2.75) is 30.2 Å². The molecule has 0 aromatic heterocycles. The lowest BCUT2D eigenvalue weighted by Crippen LogP contribution is -2.44. The quantitative estimate of drug-likeness (QED) is 0.700. The number of carbonyl (C=O) groups is 3. The van der Waals surface area contributed by atoms with Gasteiger partial charge in [0.05, 0.1) is 12.5 Å². The lowest BCUT2D eigenvalue weighted by Gasteiger charge is -2.29. The standard InChI is InChI=1S/C21H22N2O4S/c1-28-16-9-6-14(7-10-16)17(12-21(26)27)22-19(24)13-23-18-5-3-2-4-15(18)8-11-20(23)25/h2-7,9-10,17H,8,11-13H2,1H3,(H,22,24)(H,26,27). The Morgan fingerprint density at radius 2 is 1.86 bits per heavy atom. The van der Waals surface area contributed by atoms with Gasteiger partial charge in [0.25, 0.3) is 0 Å². The first-order chi connectivity index (χ1) is 13.5. The molecule has 7 heteroatoms. The molecule has 1 aliphatic heterocycles. The molecule has 1 atom stereocenters. The Hall–Kier alpha value is -2.80. The van der Waals surface area contributed by atoms with Crippen molar-refractivity contribution in [2.24, 2.45) is 0 Å². The third-order valence-electron chi connectivity index (χ3n) is 4.73. The van der Waals surface area contributed by atoms with Crippen LogP contribution in [0.5, 0.6) is 0 Å². The summed E-state index contributed by atoms with van der Waals surface area (Å²) >= 11 is 1.59. The predicted octanol–water partition coefficient (Wildman–Crippen LogP) is 3.02. The summed E-state index contributed by atoms with van der Waals surface area (Å²) in [5.74, 6) is -1.49. The predicted molar refractivity (Wildman–Crippen MR) is 108 cm³/mol. The first-order valence-corrected chi connectivity index (χ1v) is 10.2. The molecule has 1 unspecified atom stereocenters. The molecule has 0 spiro atoms. The van der Waals surface area contributed by atoms with Crippen molar-refractivity contribution in [1.29, 1.82) is 0 Å². The number of hydrogen-bond donors (Lipinski definition) is 2. The molecule has 0 radical (unpaired) electrons. The van der Waals surface area contributed by atoms with E-state index < -0.39 is 12.0 Å². The van der Waals surface area contributed by atoms with Crippen molar-refractivity contribution in [2.75, 3.05) is 17.7 Å². The number of aryl methyl sites for hydroxylation is 1. The molecule has 0 saturated carbocycles. The van der Waals surface area contributed by atoms with Crippen LogP contribution in [0.4, 0.5) is 5.69 Å². The van der Waals surface area contributed by atoms with Gasteiger partial charge in [0.15, 0.2) is 0 Å². The van der Waals surface area contributed by atoms with E-state index in [9.17, 15) is 19.5 Å². The number of amides is 2. The molecule has 2 aromatic rings. The fourth-order valence-electron chi connectivity index (χ4n) is 3.32. The first kappa shape index (κ1) is 19.9. The molecule has 1 aliphatic rings. The average molecular weight is 398 g/mol. The Morgan fingerprint density at radius 3 is 2.54 bits per heavy atom. The molecule has 6 nitrogen and oxygen atoms in total. The molecule has 3 rings (SSSR count). The topological polar surface area (TPSA) is 86.7 Å². The number of thioether (sulfide) groups is 1. The summed E-state index contributed by atoms with van der Waals surface area (Å²) in [6, 6.07) is 14.3. The van der Waals surface area contributed by atoms with Crippen molar-refractivity contribution in [3.8, 4) is 0 Å². The maximum Gasteiger partial charge on any atom is 0.305 e. The van der Waals surface area contributed by atoms with E-state index in [1.807, 2.05) is 54.8 Å². The Kier molecular flexibility index (Phi) is 6.36. The van der Waals surface area contributed by atoms with Gasteiger partial charge in [-0.1, -0.05) is 30.3 Å². The highest BCUT2D eigenvalue weighted by molar-refractivity contribution is 7.98. The summed E-state index contributed by atoms with van der Waals surface area (Å²) < 4.78 is 0. The molecular formula is C21H22N2O4S. The lowest BCUT2D eigenvalue weighted by molar-refractivity contribution is -0.137. The molecule has 2 amide bonds. The monoisotopic (exact) mass is 398 g/mol. The molecule has 0 saturated heterocycles. The number of benzene rings is 2. The molecule has 0 fully saturated rings. The summed E-state index contributed by atoms with van der Waals surface area (Å²) in [5.41, 5.74) is 2.50. The highest BCUT2D eigenvalue weighted by Crippen LogP contribution is 2.27. The molecule has 2 N–H and O–H groups in total. The number of aliphatic carboxylic acids is 1. The zero-order valence-corrected chi connectivity index (χ0v) is 16.4. The number of carboxylic acids is 1. The van der Waals surface area contributed by atoms with Crippen LogP contribution < -0.4 is 10.2 Å². The van der Waals surface area contributed by atoms with Gasteiger partial charge in [0.2, 0.25) is 11.8 Å². The normalized spacial score (nSPS) is 14.3. The van der Waals surface area contributed by atoms with Crippen LogP contribution in [0.3, 0.4) is 0 Å². The second-order valence-electron chi connectivity index (χ2n) is 6.60. The molecule has 146 valence electrons. The van der Waals surface area contributed by atoms with Crippen LogP contribution in [0.15, 0.2) is 53.4 Å². The van der Waals surface area contributed by atoms with E-state index in [0.717, 1.165) is 21.7 Å². The van der Waals surface area contributed by atoms with Gasteiger partial charge in [-0.3, -0.25) is 14.4 Å². The van der Waals surface area contributed by atoms with Gasteiger partial charge < -0.3 is 15.3 Å². The van der Waals surface area contributed by atoms with Gasteiger partial charge in [-0.2, -0.15) is 0 Å². The Labute approximate surface area is 167 Å². The van der Waals surface area contributed by atoms with E-state index in [0.29, 0.717) is 12.8 Å². The van der Waals surface area contributed by atoms with Crippen molar-refractivity contribution < 1.29 is 19.5 Å². The van der Waals surface area contributed by atoms with Crippen LogP contribution in [0.25, 0.3) is 0 Å². The van der Waals surface area contributed by atoms with Crippen molar-refractivity contribution >= 4 is 35.2 Å². The summed E-state index contributed by atoms with van der Waals surface area (Å²) in [6.07, 6.45) is 2.75. The van der Waals surface area contributed by atoms with Crippen molar-refractivity contribution in [1.82, 2.24) is 5.32 Å². The number of carboxylic acid groups (broad SMARTS) is 1. The highest BCUT2D eigenvalue weighted by Gasteiger charge is 2.27. The van der Waals surface area contributed by atoms with Gasteiger partial charge in [-0.15, -0.1) is 11.8 Å². The van der Waals surface area contributed by atoms with E-state index >= 15 is 0 Å². The number of nitrogens with zero attached hydrogens (tertiary/aromatic N) is 1. The largest absolute Gasteiger partial charge is 0.481 e. The maximum atomic E-state index is 12.7. The smallest absolute Gasteiger partial charge is 0.305 e. The molecular weight excluding hydrogens is 376 g/mol. The first-order valence-electron chi connectivity index (χ1n) is 9.01. The van der Waals surface area contributed by atoms with Crippen LogP contribution in [0.2, 0.25) is 0 Å². The third kappa shape index (κ3) is 4.72. The molecule has 0 bridgehead atoms. The number of rotatable bonds is 7. The van der Waals surface area contributed by atoms with E-state index in [-0.39, 0.29) is 24.8 Å². The Balaban J connectivity index is 1.75. The van der Waals surface area contributed by atoms with Gasteiger partial charge >= 0.3 is 5.97 Å².